The quantitative estimate of drug-likeness (QED) is 0.496. The van der Waals surface area contributed by atoms with Gasteiger partial charge in [-0.25, -0.2) is 0 Å². The van der Waals surface area contributed by atoms with Crippen LogP contribution in [-0.4, -0.2) is 11.8 Å². The highest BCUT2D eigenvalue weighted by atomic mass is 16.5. The molecule has 5 heteroatoms. The van der Waals surface area contributed by atoms with Crippen molar-refractivity contribution in [1.82, 2.24) is 10.9 Å². The highest BCUT2D eigenvalue weighted by molar-refractivity contribution is 5.97. The molecule has 2 N–H and O–H groups in total. The van der Waals surface area contributed by atoms with Crippen LogP contribution in [0.1, 0.15) is 27.0 Å². The summed E-state index contributed by atoms with van der Waals surface area (Å²) in [5, 5.41) is 0. The Balaban J connectivity index is 1.47. The molecule has 0 radical (unpaired) electrons. The van der Waals surface area contributed by atoms with Crippen LogP contribution in [0.5, 0.6) is 5.75 Å². The predicted octanol–water partition coefficient (Wildman–Crippen LogP) is 4.05. The van der Waals surface area contributed by atoms with E-state index in [4.69, 9.17) is 4.74 Å². The van der Waals surface area contributed by atoms with E-state index in [0.717, 1.165) is 22.4 Å². The van der Waals surface area contributed by atoms with E-state index in [1.165, 1.54) is 6.08 Å². The van der Waals surface area contributed by atoms with Crippen LogP contribution in [0.4, 0.5) is 0 Å². The molecule has 3 aromatic rings. The second kappa shape index (κ2) is 9.90. The van der Waals surface area contributed by atoms with Gasteiger partial charge < -0.3 is 4.74 Å². The minimum absolute atomic E-state index is 0.391. The van der Waals surface area contributed by atoms with E-state index in [9.17, 15) is 9.59 Å². The zero-order valence-electron chi connectivity index (χ0n) is 16.1. The Hall–Kier alpha value is -3.86. The molecule has 146 valence electrons. The summed E-state index contributed by atoms with van der Waals surface area (Å²) in [6, 6.07) is 24.3. The molecule has 0 saturated heterocycles. The Kier molecular flexibility index (Phi) is 6.79. The minimum atomic E-state index is -0.410. The Morgan fingerprint density at radius 3 is 2.38 bits per heavy atom. The lowest BCUT2D eigenvalue weighted by molar-refractivity contribution is -0.117. The third kappa shape index (κ3) is 6.36. The molecule has 0 aliphatic heterocycles. The minimum Gasteiger partial charge on any atom is -0.489 e. The normalized spacial score (nSPS) is 10.5. The smallest absolute Gasteiger partial charge is 0.269 e. The lowest BCUT2D eigenvalue weighted by Crippen LogP contribution is -2.40. The maximum atomic E-state index is 12.2. The number of hydrogen-bond donors (Lipinski definition) is 2. The first kappa shape index (κ1) is 19.9. The van der Waals surface area contributed by atoms with E-state index in [2.05, 4.69) is 10.9 Å². The summed E-state index contributed by atoms with van der Waals surface area (Å²) >= 11 is 0. The predicted molar refractivity (Wildman–Crippen MR) is 113 cm³/mol. The van der Waals surface area contributed by atoms with Crippen molar-refractivity contribution in [3.8, 4) is 5.75 Å². The van der Waals surface area contributed by atoms with Crippen LogP contribution in [0.25, 0.3) is 6.08 Å². The Morgan fingerprint density at radius 2 is 1.66 bits per heavy atom. The average Bonchev–Trinajstić information content (AvgIpc) is 2.76. The molecule has 0 aromatic heterocycles. The number of amides is 2. The number of nitrogens with one attached hydrogen (secondary N) is 2. The number of carbonyl (C=O) groups is 2. The fourth-order valence-electron chi connectivity index (χ4n) is 2.61. The first-order valence-corrected chi connectivity index (χ1v) is 9.22. The van der Waals surface area contributed by atoms with E-state index in [1.807, 2.05) is 73.7 Å². The van der Waals surface area contributed by atoms with Gasteiger partial charge in [0.05, 0.1) is 0 Å². The fourth-order valence-corrected chi connectivity index (χ4v) is 2.61. The van der Waals surface area contributed by atoms with Gasteiger partial charge in [0.25, 0.3) is 11.8 Å². The van der Waals surface area contributed by atoms with Gasteiger partial charge in [-0.2, -0.15) is 0 Å². The Bertz CT molecular complexity index is 996. The van der Waals surface area contributed by atoms with E-state index < -0.39 is 11.8 Å². The maximum absolute atomic E-state index is 12.2. The standard InChI is InChI=1S/C24H22N2O3/c1-18-6-5-7-19(16-18)12-15-23(27)25-26-24(28)21-13-10-20(11-14-21)17-29-22-8-3-2-4-9-22/h2-16H,17H2,1H3,(H,25,27)(H,26,28)/b15-12+. The van der Waals surface area contributed by atoms with Gasteiger partial charge in [0, 0.05) is 11.6 Å². The number of ether oxygens (including phenoxy) is 1. The number of benzene rings is 3. The van der Waals surface area contributed by atoms with Crippen molar-refractivity contribution < 1.29 is 14.3 Å². The number of carbonyl (C=O) groups excluding carboxylic acids is 2. The molecule has 0 spiro atoms. The highest BCUT2D eigenvalue weighted by Crippen LogP contribution is 2.12. The van der Waals surface area contributed by atoms with Crippen molar-refractivity contribution >= 4 is 17.9 Å². The molecule has 2 amide bonds. The molecule has 0 saturated carbocycles. The Morgan fingerprint density at radius 1 is 0.897 bits per heavy atom. The van der Waals surface area contributed by atoms with E-state index >= 15 is 0 Å². The van der Waals surface area contributed by atoms with Gasteiger partial charge in [-0.3, -0.25) is 20.4 Å². The summed E-state index contributed by atoms with van der Waals surface area (Å²) in [7, 11) is 0. The summed E-state index contributed by atoms with van der Waals surface area (Å²) in [4.78, 5) is 24.1. The monoisotopic (exact) mass is 386 g/mol. The molecule has 0 aliphatic carbocycles. The molecule has 0 bridgehead atoms. The molecule has 3 aromatic carbocycles. The molecule has 0 fully saturated rings. The topological polar surface area (TPSA) is 67.4 Å². The van der Waals surface area contributed by atoms with Crippen molar-refractivity contribution in [3.63, 3.8) is 0 Å². The first-order valence-electron chi connectivity index (χ1n) is 9.22. The number of hydrogen-bond acceptors (Lipinski definition) is 3. The fraction of sp³-hybridized carbons (Fsp3) is 0.0833. The van der Waals surface area contributed by atoms with Crippen LogP contribution in [-0.2, 0) is 11.4 Å². The molecule has 3 rings (SSSR count). The van der Waals surface area contributed by atoms with Gasteiger partial charge in [0.2, 0.25) is 0 Å². The number of aryl methyl sites for hydroxylation is 1. The van der Waals surface area contributed by atoms with Gasteiger partial charge in [-0.15, -0.1) is 0 Å². The van der Waals surface area contributed by atoms with Crippen molar-refractivity contribution in [1.29, 1.82) is 0 Å². The van der Waals surface area contributed by atoms with E-state index in [1.54, 1.807) is 18.2 Å². The van der Waals surface area contributed by atoms with Crippen molar-refractivity contribution in [2.24, 2.45) is 0 Å². The van der Waals surface area contributed by atoms with Crippen LogP contribution in [0.3, 0.4) is 0 Å². The molecule has 0 atom stereocenters. The summed E-state index contributed by atoms with van der Waals surface area (Å²) in [5.74, 6) is -0.0127. The first-order chi connectivity index (χ1) is 14.1. The molecule has 0 unspecified atom stereocenters. The van der Waals surface area contributed by atoms with Crippen LogP contribution >= 0.6 is 0 Å². The second-order valence-corrected chi connectivity index (χ2v) is 6.49. The number of rotatable bonds is 6. The third-order valence-electron chi connectivity index (χ3n) is 4.13. The number of para-hydroxylation sites is 1. The zero-order valence-corrected chi connectivity index (χ0v) is 16.1. The summed E-state index contributed by atoms with van der Waals surface area (Å²) < 4.78 is 5.68. The average molecular weight is 386 g/mol. The third-order valence-corrected chi connectivity index (χ3v) is 4.13. The summed E-state index contributed by atoms with van der Waals surface area (Å²) in [6.07, 6.45) is 3.06. The van der Waals surface area contributed by atoms with Crippen molar-refractivity contribution in [2.45, 2.75) is 13.5 Å². The van der Waals surface area contributed by atoms with Gasteiger partial charge in [-0.1, -0.05) is 60.2 Å². The number of hydrazine groups is 1. The molecular weight excluding hydrogens is 364 g/mol. The molecule has 0 aliphatic rings. The van der Waals surface area contributed by atoms with Gasteiger partial charge in [-0.05, 0) is 48.4 Å². The van der Waals surface area contributed by atoms with Gasteiger partial charge >= 0.3 is 0 Å². The molecule has 0 heterocycles. The lowest BCUT2D eigenvalue weighted by atomic mass is 10.1. The van der Waals surface area contributed by atoms with E-state index in [0.29, 0.717) is 12.2 Å². The Labute approximate surface area is 170 Å². The summed E-state index contributed by atoms with van der Waals surface area (Å²) in [6.45, 7) is 2.39. The molecular formula is C24H22N2O3. The van der Waals surface area contributed by atoms with Gasteiger partial charge in [0.1, 0.15) is 12.4 Å². The van der Waals surface area contributed by atoms with Crippen molar-refractivity contribution in [3.05, 3.63) is 107 Å². The van der Waals surface area contributed by atoms with E-state index in [-0.39, 0.29) is 0 Å². The largest absolute Gasteiger partial charge is 0.489 e. The van der Waals surface area contributed by atoms with Crippen molar-refractivity contribution in [2.75, 3.05) is 0 Å². The zero-order chi connectivity index (χ0) is 20.5. The molecule has 29 heavy (non-hydrogen) atoms. The van der Waals surface area contributed by atoms with Crippen LogP contribution < -0.4 is 15.6 Å². The van der Waals surface area contributed by atoms with Crippen LogP contribution in [0.2, 0.25) is 0 Å². The van der Waals surface area contributed by atoms with Crippen LogP contribution in [0.15, 0.2) is 84.9 Å². The summed E-state index contributed by atoms with van der Waals surface area (Å²) in [5.41, 5.74) is 8.19. The SMILES string of the molecule is Cc1cccc(/C=C/C(=O)NNC(=O)c2ccc(COc3ccccc3)cc2)c1. The van der Waals surface area contributed by atoms with Crippen LogP contribution in [0, 0.1) is 6.92 Å². The maximum Gasteiger partial charge on any atom is 0.269 e. The second-order valence-electron chi connectivity index (χ2n) is 6.49. The van der Waals surface area contributed by atoms with Gasteiger partial charge in [0.15, 0.2) is 0 Å². The highest BCUT2D eigenvalue weighted by Gasteiger charge is 2.06. The lowest BCUT2D eigenvalue weighted by Gasteiger charge is -2.08. The molecule has 5 nitrogen and oxygen atoms in total.